The topological polar surface area (TPSA) is 42.0 Å². The summed E-state index contributed by atoms with van der Waals surface area (Å²) >= 11 is 13.7. The van der Waals surface area contributed by atoms with Crippen molar-refractivity contribution >= 4 is 46.1 Å². The van der Waals surface area contributed by atoms with Crippen LogP contribution in [0.5, 0.6) is 0 Å². The van der Waals surface area contributed by atoms with E-state index >= 15 is 0 Å². The molecule has 0 spiro atoms. The number of nitrogens with one attached hydrogen (secondary N) is 1. The Hall–Kier alpha value is -1.88. The lowest BCUT2D eigenvalue weighted by Gasteiger charge is -2.07. The molecule has 2 aromatic carbocycles. The van der Waals surface area contributed by atoms with Gasteiger partial charge in [-0.3, -0.25) is 4.79 Å². The number of thiazole rings is 1. The van der Waals surface area contributed by atoms with E-state index in [1.165, 1.54) is 16.9 Å². The number of carbonyl (C=O) groups excluding carboxylic acids is 1. The zero-order chi connectivity index (χ0) is 18.7. The first-order chi connectivity index (χ1) is 12.4. The highest BCUT2D eigenvalue weighted by Gasteiger charge is 2.14. The van der Waals surface area contributed by atoms with Crippen LogP contribution in [0.2, 0.25) is 10.0 Å². The van der Waals surface area contributed by atoms with Crippen LogP contribution in [-0.2, 0) is 6.42 Å². The summed E-state index contributed by atoms with van der Waals surface area (Å²) in [6, 6.07) is 13.3. The normalized spacial score (nSPS) is 11.0. The first-order valence-corrected chi connectivity index (χ1v) is 9.80. The monoisotopic (exact) mass is 404 g/mol. The first-order valence-electron chi connectivity index (χ1n) is 8.23. The van der Waals surface area contributed by atoms with Crippen molar-refractivity contribution in [2.75, 3.05) is 5.32 Å². The van der Waals surface area contributed by atoms with Crippen LogP contribution in [0, 0.1) is 0 Å². The smallest absolute Gasteiger partial charge is 0.267 e. The van der Waals surface area contributed by atoms with Gasteiger partial charge in [0.15, 0.2) is 0 Å². The molecule has 0 aliphatic heterocycles. The molecule has 0 unspecified atom stereocenters. The average Bonchev–Trinajstić information content (AvgIpc) is 3.07. The second kappa shape index (κ2) is 8.21. The van der Waals surface area contributed by atoms with E-state index in [4.69, 9.17) is 23.2 Å². The molecule has 0 fully saturated rings. The van der Waals surface area contributed by atoms with Gasteiger partial charge in [0.1, 0.15) is 4.88 Å². The molecule has 0 aliphatic rings. The average molecular weight is 405 g/mol. The molecule has 1 N–H and O–H groups in total. The van der Waals surface area contributed by atoms with Crippen molar-refractivity contribution in [2.45, 2.75) is 26.2 Å². The third-order valence-corrected chi connectivity index (χ3v) is 5.71. The largest absolute Gasteiger partial charge is 0.321 e. The summed E-state index contributed by atoms with van der Waals surface area (Å²) in [5.41, 5.74) is 2.82. The fourth-order valence-corrected chi connectivity index (χ4v) is 3.85. The molecule has 0 saturated heterocycles. The number of hydrogen-bond donors (Lipinski definition) is 1. The number of amides is 1. The van der Waals surface area contributed by atoms with Crippen molar-refractivity contribution in [1.29, 1.82) is 0 Å². The molecule has 26 heavy (non-hydrogen) atoms. The Balaban J connectivity index is 1.70. The highest BCUT2D eigenvalue weighted by molar-refractivity contribution is 7.13. The van der Waals surface area contributed by atoms with Gasteiger partial charge in [-0.1, -0.05) is 55.2 Å². The predicted octanol–water partition coefficient (Wildman–Crippen LogP) is 6.42. The number of benzene rings is 2. The Morgan fingerprint density at radius 1 is 1.12 bits per heavy atom. The van der Waals surface area contributed by atoms with Crippen molar-refractivity contribution in [3.63, 3.8) is 0 Å². The van der Waals surface area contributed by atoms with Crippen LogP contribution in [0.4, 0.5) is 5.69 Å². The summed E-state index contributed by atoms with van der Waals surface area (Å²) in [4.78, 5) is 17.3. The van der Waals surface area contributed by atoms with E-state index in [0.29, 0.717) is 27.3 Å². The molecule has 0 aliphatic carbocycles. The number of halogens is 2. The SMILES string of the molecule is CC(C)c1ccc(NC(=O)c2cnc(Cc3c(Cl)cccc3Cl)s2)cc1. The van der Waals surface area contributed by atoms with Gasteiger partial charge in [0.2, 0.25) is 0 Å². The summed E-state index contributed by atoms with van der Waals surface area (Å²) in [6.07, 6.45) is 2.09. The molecule has 1 heterocycles. The Morgan fingerprint density at radius 3 is 2.38 bits per heavy atom. The summed E-state index contributed by atoms with van der Waals surface area (Å²) in [5, 5.41) is 4.90. The van der Waals surface area contributed by atoms with Crippen molar-refractivity contribution in [3.05, 3.63) is 79.7 Å². The molecule has 0 saturated carbocycles. The lowest BCUT2D eigenvalue weighted by Crippen LogP contribution is -2.10. The second-order valence-electron chi connectivity index (χ2n) is 6.23. The van der Waals surface area contributed by atoms with Gasteiger partial charge in [-0.2, -0.15) is 0 Å². The molecule has 3 rings (SSSR count). The van der Waals surface area contributed by atoms with E-state index in [1.807, 2.05) is 24.3 Å². The van der Waals surface area contributed by atoms with Crippen molar-refractivity contribution in [3.8, 4) is 0 Å². The minimum Gasteiger partial charge on any atom is -0.321 e. The molecule has 6 heteroatoms. The van der Waals surface area contributed by atoms with Gasteiger partial charge < -0.3 is 5.32 Å². The highest BCUT2D eigenvalue weighted by Crippen LogP contribution is 2.28. The standard InChI is InChI=1S/C20H18Cl2N2OS/c1-12(2)13-6-8-14(9-7-13)24-20(25)18-11-23-19(26-18)10-15-16(21)4-3-5-17(15)22/h3-9,11-12H,10H2,1-2H3,(H,24,25). The van der Waals surface area contributed by atoms with E-state index < -0.39 is 0 Å². The third-order valence-electron chi connectivity index (χ3n) is 4.00. The van der Waals surface area contributed by atoms with Crippen LogP contribution in [0.15, 0.2) is 48.7 Å². The molecule has 1 amide bonds. The molecule has 0 radical (unpaired) electrons. The summed E-state index contributed by atoms with van der Waals surface area (Å²) in [6.45, 7) is 4.27. The zero-order valence-electron chi connectivity index (χ0n) is 14.4. The third kappa shape index (κ3) is 4.44. The zero-order valence-corrected chi connectivity index (χ0v) is 16.8. The van der Waals surface area contributed by atoms with Gasteiger partial charge in [0.25, 0.3) is 5.91 Å². The first kappa shape index (κ1) is 18.9. The Kier molecular flexibility index (Phi) is 5.97. The molecule has 0 atom stereocenters. The summed E-state index contributed by atoms with van der Waals surface area (Å²) < 4.78 is 0. The van der Waals surface area contributed by atoms with Crippen LogP contribution in [0.25, 0.3) is 0 Å². The maximum absolute atomic E-state index is 12.4. The Morgan fingerprint density at radius 2 is 1.77 bits per heavy atom. The number of anilines is 1. The van der Waals surface area contributed by atoms with Gasteiger partial charge in [0.05, 0.1) is 11.2 Å². The van der Waals surface area contributed by atoms with Crippen LogP contribution in [0.3, 0.4) is 0 Å². The number of carbonyl (C=O) groups is 1. The molecular weight excluding hydrogens is 387 g/mol. The minimum absolute atomic E-state index is 0.170. The summed E-state index contributed by atoms with van der Waals surface area (Å²) in [7, 11) is 0. The Labute approximate surface area is 167 Å². The van der Waals surface area contributed by atoms with Gasteiger partial charge in [-0.15, -0.1) is 11.3 Å². The van der Waals surface area contributed by atoms with Crippen molar-refractivity contribution in [1.82, 2.24) is 4.98 Å². The molecule has 1 aromatic heterocycles. The predicted molar refractivity (Wildman–Crippen MR) is 110 cm³/mol. The van der Waals surface area contributed by atoms with Crippen LogP contribution >= 0.6 is 34.5 Å². The van der Waals surface area contributed by atoms with Gasteiger partial charge in [-0.25, -0.2) is 4.98 Å². The fraction of sp³-hybridized carbons (Fsp3) is 0.200. The van der Waals surface area contributed by atoms with E-state index in [1.54, 1.807) is 24.4 Å². The van der Waals surface area contributed by atoms with Crippen molar-refractivity contribution < 1.29 is 4.79 Å². The number of nitrogens with zero attached hydrogens (tertiary/aromatic N) is 1. The minimum atomic E-state index is -0.170. The number of hydrogen-bond acceptors (Lipinski definition) is 3. The number of aromatic nitrogens is 1. The van der Waals surface area contributed by atoms with Gasteiger partial charge in [0, 0.05) is 22.2 Å². The van der Waals surface area contributed by atoms with Crippen LogP contribution < -0.4 is 5.32 Å². The molecule has 0 bridgehead atoms. The van der Waals surface area contributed by atoms with Gasteiger partial charge in [-0.05, 0) is 41.3 Å². The highest BCUT2D eigenvalue weighted by atomic mass is 35.5. The van der Waals surface area contributed by atoms with E-state index in [9.17, 15) is 4.79 Å². The molecule has 134 valence electrons. The second-order valence-corrected chi connectivity index (χ2v) is 8.16. The molecule has 3 nitrogen and oxygen atoms in total. The van der Waals surface area contributed by atoms with E-state index in [-0.39, 0.29) is 5.91 Å². The van der Waals surface area contributed by atoms with Gasteiger partial charge >= 0.3 is 0 Å². The maximum atomic E-state index is 12.4. The lowest BCUT2D eigenvalue weighted by molar-refractivity contribution is 0.103. The summed E-state index contributed by atoms with van der Waals surface area (Å²) in [5.74, 6) is 0.289. The van der Waals surface area contributed by atoms with E-state index in [0.717, 1.165) is 16.3 Å². The lowest BCUT2D eigenvalue weighted by atomic mass is 10.0. The van der Waals surface area contributed by atoms with Crippen LogP contribution in [0.1, 0.15) is 45.6 Å². The van der Waals surface area contributed by atoms with Crippen LogP contribution in [-0.4, -0.2) is 10.9 Å². The molecule has 3 aromatic rings. The Bertz CT molecular complexity index is 900. The van der Waals surface area contributed by atoms with Crippen molar-refractivity contribution in [2.24, 2.45) is 0 Å². The molecular formula is C20H18Cl2N2OS. The number of rotatable bonds is 5. The fourth-order valence-electron chi connectivity index (χ4n) is 2.49. The van der Waals surface area contributed by atoms with E-state index in [2.05, 4.69) is 24.1 Å². The maximum Gasteiger partial charge on any atom is 0.267 e. The quantitative estimate of drug-likeness (QED) is 0.533.